The highest BCUT2D eigenvalue weighted by atomic mass is 35.5. The van der Waals surface area contributed by atoms with Crippen LogP contribution >= 0.6 is 23.4 Å². The van der Waals surface area contributed by atoms with Crippen LogP contribution in [0.4, 0.5) is 17.1 Å². The summed E-state index contributed by atoms with van der Waals surface area (Å²) in [6.45, 7) is 0. The summed E-state index contributed by atoms with van der Waals surface area (Å²) in [5.74, 6) is 0.584. The van der Waals surface area contributed by atoms with E-state index >= 15 is 0 Å². The monoisotopic (exact) mass is 477 g/mol. The number of carbonyl (C=O) groups is 1. The molecule has 10 heteroatoms. The van der Waals surface area contributed by atoms with Gasteiger partial charge < -0.3 is 5.32 Å². The Hall–Kier alpha value is -3.56. The van der Waals surface area contributed by atoms with Crippen molar-refractivity contribution in [2.24, 2.45) is 5.10 Å². The second-order valence-electron chi connectivity index (χ2n) is 7.92. The Morgan fingerprint density at radius 3 is 2.52 bits per heavy atom. The SMILES string of the molecule is O=C1Nc2ccccc2C12SC1C(=NNC1c1ccc([N+](=O)[O-])cc1)N2c1ccc(Cl)cc1. The number of hydrazone groups is 1. The van der Waals surface area contributed by atoms with Gasteiger partial charge in [-0.15, -0.1) is 11.8 Å². The molecular formula is C23H16ClN5O3S. The lowest BCUT2D eigenvalue weighted by Gasteiger charge is -2.33. The number of hydrogen-bond acceptors (Lipinski definition) is 7. The zero-order valence-electron chi connectivity index (χ0n) is 16.9. The molecule has 3 atom stereocenters. The topological polar surface area (TPSA) is 99.9 Å². The first-order valence-electron chi connectivity index (χ1n) is 10.2. The van der Waals surface area contributed by atoms with Gasteiger partial charge in [-0.1, -0.05) is 41.9 Å². The van der Waals surface area contributed by atoms with Crippen molar-refractivity contribution in [3.63, 3.8) is 0 Å². The summed E-state index contributed by atoms with van der Waals surface area (Å²) in [5, 5.41) is 19.1. The molecule has 0 aromatic heterocycles. The lowest BCUT2D eigenvalue weighted by molar-refractivity contribution is -0.384. The third-order valence-corrected chi connectivity index (χ3v) is 8.03. The lowest BCUT2D eigenvalue weighted by atomic mass is 10.0. The van der Waals surface area contributed by atoms with Crippen molar-refractivity contribution in [3.8, 4) is 0 Å². The summed E-state index contributed by atoms with van der Waals surface area (Å²) < 4.78 is 0. The van der Waals surface area contributed by atoms with Gasteiger partial charge in [0.05, 0.1) is 16.2 Å². The van der Waals surface area contributed by atoms with Gasteiger partial charge >= 0.3 is 0 Å². The van der Waals surface area contributed by atoms with E-state index in [0.717, 1.165) is 28.3 Å². The molecule has 3 aliphatic rings. The molecule has 1 spiro atoms. The molecule has 1 amide bonds. The standard InChI is InChI=1S/C23H16ClN5O3S/c24-14-7-11-15(12-8-14)28-21-20(19(26-27-21)13-5-9-16(10-6-13)29(31)32)33-23(28)17-3-1-2-4-18(17)25-22(23)30/h1-12,19-20,26H,(H,25,30). The van der Waals surface area contributed by atoms with E-state index in [-0.39, 0.29) is 22.9 Å². The zero-order valence-corrected chi connectivity index (χ0v) is 18.5. The van der Waals surface area contributed by atoms with Gasteiger partial charge in [0.15, 0.2) is 4.87 Å². The molecule has 3 heterocycles. The van der Waals surface area contributed by atoms with Crippen molar-refractivity contribution in [2.75, 3.05) is 10.2 Å². The van der Waals surface area contributed by atoms with E-state index in [0.29, 0.717) is 5.02 Å². The first-order chi connectivity index (χ1) is 16.0. The zero-order chi connectivity index (χ0) is 22.7. The van der Waals surface area contributed by atoms with Crippen molar-refractivity contribution >= 4 is 52.2 Å². The van der Waals surface area contributed by atoms with Crippen LogP contribution in [0.25, 0.3) is 0 Å². The van der Waals surface area contributed by atoms with Crippen LogP contribution in [0.2, 0.25) is 5.02 Å². The minimum absolute atomic E-state index is 0.0281. The number of nitro benzene ring substituents is 1. The molecule has 3 aromatic carbocycles. The predicted molar refractivity (Wildman–Crippen MR) is 128 cm³/mol. The van der Waals surface area contributed by atoms with Gasteiger partial charge in [-0.3, -0.25) is 25.2 Å². The van der Waals surface area contributed by atoms with E-state index in [1.807, 2.05) is 41.3 Å². The molecule has 6 rings (SSSR count). The number of amidine groups is 1. The fourth-order valence-electron chi connectivity index (χ4n) is 4.62. The maximum Gasteiger partial charge on any atom is 0.269 e. The average Bonchev–Trinajstić information content (AvgIpc) is 3.46. The highest BCUT2D eigenvalue weighted by molar-refractivity contribution is 8.03. The molecule has 0 radical (unpaired) electrons. The van der Waals surface area contributed by atoms with E-state index in [1.54, 1.807) is 24.3 Å². The highest BCUT2D eigenvalue weighted by Crippen LogP contribution is 2.59. The number of amides is 1. The number of non-ortho nitro benzene ring substituents is 1. The van der Waals surface area contributed by atoms with Gasteiger partial charge in [0.25, 0.3) is 11.6 Å². The predicted octanol–water partition coefficient (Wildman–Crippen LogP) is 4.63. The van der Waals surface area contributed by atoms with Crippen molar-refractivity contribution < 1.29 is 9.72 Å². The first-order valence-corrected chi connectivity index (χ1v) is 11.5. The number of nitrogens with one attached hydrogen (secondary N) is 2. The summed E-state index contributed by atoms with van der Waals surface area (Å²) >= 11 is 7.65. The lowest BCUT2D eigenvalue weighted by Crippen LogP contribution is -2.47. The van der Waals surface area contributed by atoms with Gasteiger partial charge in [-0.25, -0.2) is 0 Å². The minimum atomic E-state index is -1.03. The Balaban J connectivity index is 1.48. The molecule has 8 nitrogen and oxygen atoms in total. The third-order valence-electron chi connectivity index (χ3n) is 6.11. The Kier molecular flexibility index (Phi) is 4.40. The Labute approximate surface area is 197 Å². The fourth-order valence-corrected chi connectivity index (χ4v) is 6.50. The molecule has 0 aliphatic carbocycles. The summed E-state index contributed by atoms with van der Waals surface area (Å²) in [5.41, 5.74) is 6.50. The van der Waals surface area contributed by atoms with Crippen LogP contribution in [-0.4, -0.2) is 21.9 Å². The van der Waals surface area contributed by atoms with Crippen LogP contribution in [-0.2, 0) is 9.67 Å². The van der Waals surface area contributed by atoms with Gasteiger partial charge in [0, 0.05) is 34.1 Å². The minimum Gasteiger partial charge on any atom is -0.323 e. The average molecular weight is 478 g/mol. The van der Waals surface area contributed by atoms with Crippen LogP contribution < -0.4 is 15.6 Å². The smallest absolute Gasteiger partial charge is 0.269 e. The number of nitrogens with zero attached hydrogens (tertiary/aromatic N) is 3. The van der Waals surface area contributed by atoms with Crippen molar-refractivity contribution in [3.05, 3.63) is 99.1 Å². The molecule has 0 saturated carbocycles. The Morgan fingerprint density at radius 2 is 1.79 bits per heavy atom. The molecular weight excluding hydrogens is 462 g/mol. The molecule has 3 aliphatic heterocycles. The number of halogens is 1. The van der Waals surface area contributed by atoms with Crippen molar-refractivity contribution in [2.45, 2.75) is 16.2 Å². The molecule has 2 N–H and O–H groups in total. The normalized spacial score (nSPS) is 24.8. The molecule has 164 valence electrons. The second kappa shape index (κ2) is 7.23. The largest absolute Gasteiger partial charge is 0.323 e. The second-order valence-corrected chi connectivity index (χ2v) is 9.69. The fraction of sp³-hybridized carbons (Fsp3) is 0.130. The van der Waals surface area contributed by atoms with Crippen LogP contribution in [0.1, 0.15) is 17.2 Å². The maximum atomic E-state index is 13.5. The van der Waals surface area contributed by atoms with Crippen LogP contribution in [0.5, 0.6) is 0 Å². The Morgan fingerprint density at radius 1 is 1.06 bits per heavy atom. The quantitative estimate of drug-likeness (QED) is 0.421. The van der Waals surface area contributed by atoms with Gasteiger partial charge in [-0.05, 0) is 35.9 Å². The number of hydrogen-bond donors (Lipinski definition) is 2. The van der Waals surface area contributed by atoms with E-state index in [9.17, 15) is 14.9 Å². The first kappa shape index (κ1) is 20.1. The van der Waals surface area contributed by atoms with Crippen LogP contribution in [0, 0.1) is 10.1 Å². The van der Waals surface area contributed by atoms with E-state index in [4.69, 9.17) is 11.6 Å². The van der Waals surface area contributed by atoms with Crippen molar-refractivity contribution in [1.82, 2.24) is 5.43 Å². The van der Waals surface area contributed by atoms with Crippen LogP contribution in [0.3, 0.4) is 0 Å². The molecule has 0 bridgehead atoms. The van der Waals surface area contributed by atoms with E-state index in [1.165, 1.54) is 23.9 Å². The Bertz CT molecular complexity index is 1330. The van der Waals surface area contributed by atoms with Crippen LogP contribution in [0.15, 0.2) is 77.9 Å². The third kappa shape index (κ3) is 2.86. The number of para-hydroxylation sites is 1. The number of rotatable bonds is 3. The van der Waals surface area contributed by atoms with E-state index in [2.05, 4.69) is 15.8 Å². The number of thioether (sulfide) groups is 1. The number of benzene rings is 3. The summed E-state index contributed by atoms with van der Waals surface area (Å²) in [4.78, 5) is 25.1. The number of anilines is 2. The van der Waals surface area contributed by atoms with Gasteiger partial charge in [0.2, 0.25) is 0 Å². The molecule has 1 saturated heterocycles. The molecule has 3 unspecified atom stereocenters. The summed E-state index contributed by atoms with van der Waals surface area (Å²) in [6.07, 6.45) is 0. The maximum absolute atomic E-state index is 13.5. The molecule has 1 fully saturated rings. The van der Waals surface area contributed by atoms with Gasteiger partial charge in [0.1, 0.15) is 5.84 Å². The molecule has 3 aromatic rings. The number of fused-ring (bicyclic) bond motifs is 3. The van der Waals surface area contributed by atoms with Gasteiger partial charge in [-0.2, -0.15) is 5.10 Å². The summed E-state index contributed by atoms with van der Waals surface area (Å²) in [6, 6.07) is 21.2. The van der Waals surface area contributed by atoms with E-state index < -0.39 is 9.79 Å². The van der Waals surface area contributed by atoms with Crippen molar-refractivity contribution in [1.29, 1.82) is 0 Å². The molecule has 33 heavy (non-hydrogen) atoms. The number of carbonyl (C=O) groups excluding carboxylic acids is 1. The summed E-state index contributed by atoms with van der Waals surface area (Å²) in [7, 11) is 0. The highest BCUT2D eigenvalue weighted by Gasteiger charge is 2.63. The number of nitro groups is 1.